The summed E-state index contributed by atoms with van der Waals surface area (Å²) >= 11 is 0. The third kappa shape index (κ3) is 11.1. The van der Waals surface area contributed by atoms with Crippen molar-refractivity contribution >= 4 is 0 Å². The summed E-state index contributed by atoms with van der Waals surface area (Å²) in [5, 5.41) is 9.53. The van der Waals surface area contributed by atoms with Gasteiger partial charge >= 0.3 is 0 Å². The smallest absolute Gasteiger partial charge is 0.119 e. The maximum absolute atomic E-state index is 9.53. The van der Waals surface area contributed by atoms with Crippen LogP contribution in [-0.2, 0) is 6.42 Å². The number of rotatable bonds is 16. The first kappa shape index (κ1) is 25.0. The molecule has 1 aromatic rings. The lowest BCUT2D eigenvalue weighted by molar-refractivity contribution is 0.177. The van der Waals surface area contributed by atoms with E-state index in [2.05, 4.69) is 52.0 Å². The highest BCUT2D eigenvalue weighted by Crippen LogP contribution is 2.20. The molecule has 0 aliphatic carbocycles. The lowest BCUT2D eigenvalue weighted by Crippen LogP contribution is -2.43. The van der Waals surface area contributed by atoms with Crippen LogP contribution in [0.3, 0.4) is 0 Å². The van der Waals surface area contributed by atoms with E-state index in [1.165, 1.54) is 37.7 Å². The molecule has 3 nitrogen and oxygen atoms in total. The number of aryl methyl sites for hydroxylation is 1. The van der Waals surface area contributed by atoms with Crippen LogP contribution in [0, 0.1) is 11.8 Å². The number of unbranched alkanes of at least 4 members (excludes halogenated alkanes) is 1. The van der Waals surface area contributed by atoms with Crippen LogP contribution >= 0.6 is 0 Å². The van der Waals surface area contributed by atoms with Gasteiger partial charge in [0.05, 0.1) is 13.2 Å². The SMILES string of the molecule is CCC[C@@](N)(CO)CCc1ccc(OCCCCC(C)CCCC(C)C)cc1. The van der Waals surface area contributed by atoms with Gasteiger partial charge in [-0.25, -0.2) is 0 Å². The molecule has 2 atom stereocenters. The molecule has 0 aliphatic rings. The van der Waals surface area contributed by atoms with Crippen molar-refractivity contribution in [3.05, 3.63) is 29.8 Å². The molecule has 0 bridgehead atoms. The van der Waals surface area contributed by atoms with E-state index in [9.17, 15) is 5.11 Å². The first-order chi connectivity index (χ1) is 13.4. The van der Waals surface area contributed by atoms with Crippen LogP contribution in [0.5, 0.6) is 5.75 Å². The molecule has 0 radical (unpaired) electrons. The maximum atomic E-state index is 9.53. The molecule has 0 spiro atoms. The molecule has 3 N–H and O–H groups in total. The Labute approximate surface area is 174 Å². The third-order valence-electron chi connectivity index (χ3n) is 5.74. The predicted molar refractivity (Wildman–Crippen MR) is 121 cm³/mol. The largest absolute Gasteiger partial charge is 0.494 e. The van der Waals surface area contributed by atoms with E-state index in [0.717, 1.165) is 56.3 Å². The molecule has 0 saturated carbocycles. The van der Waals surface area contributed by atoms with E-state index < -0.39 is 5.54 Å². The summed E-state index contributed by atoms with van der Waals surface area (Å²) in [6.45, 7) is 9.95. The number of hydrogen-bond donors (Lipinski definition) is 2. The van der Waals surface area contributed by atoms with E-state index in [1.807, 2.05) is 0 Å². The summed E-state index contributed by atoms with van der Waals surface area (Å²) < 4.78 is 5.90. The van der Waals surface area contributed by atoms with Crippen molar-refractivity contribution in [3.63, 3.8) is 0 Å². The molecule has 0 fully saturated rings. The average molecular weight is 392 g/mol. The molecular weight excluding hydrogens is 346 g/mol. The minimum absolute atomic E-state index is 0.0539. The topological polar surface area (TPSA) is 55.5 Å². The van der Waals surface area contributed by atoms with Crippen LogP contribution in [0.4, 0.5) is 0 Å². The van der Waals surface area contributed by atoms with E-state index in [0.29, 0.717) is 0 Å². The van der Waals surface area contributed by atoms with Crippen molar-refractivity contribution in [2.24, 2.45) is 17.6 Å². The lowest BCUT2D eigenvalue weighted by Gasteiger charge is -2.26. The Bertz CT molecular complexity index is 500. The highest BCUT2D eigenvalue weighted by molar-refractivity contribution is 5.27. The summed E-state index contributed by atoms with van der Waals surface area (Å²) in [7, 11) is 0. The Kier molecular flexibility index (Phi) is 12.5. The van der Waals surface area contributed by atoms with Gasteiger partial charge in [-0.2, -0.15) is 0 Å². The number of benzene rings is 1. The summed E-state index contributed by atoms with van der Waals surface area (Å²) in [6, 6.07) is 8.35. The second-order valence-electron chi connectivity index (χ2n) is 9.19. The quantitative estimate of drug-likeness (QED) is 0.334. The molecule has 0 saturated heterocycles. The third-order valence-corrected chi connectivity index (χ3v) is 5.74. The fourth-order valence-electron chi connectivity index (χ4n) is 3.73. The molecule has 0 aliphatic heterocycles. The molecule has 1 rings (SSSR count). The number of aliphatic hydroxyl groups excluding tert-OH is 1. The molecule has 162 valence electrons. The van der Waals surface area contributed by atoms with Gasteiger partial charge in [0, 0.05) is 5.54 Å². The average Bonchev–Trinajstić information content (AvgIpc) is 2.67. The predicted octanol–water partition coefficient (Wildman–Crippen LogP) is 6.12. The molecular formula is C25H45NO2. The Morgan fingerprint density at radius 1 is 0.964 bits per heavy atom. The highest BCUT2D eigenvalue weighted by Gasteiger charge is 2.22. The van der Waals surface area contributed by atoms with E-state index >= 15 is 0 Å². The Morgan fingerprint density at radius 3 is 2.25 bits per heavy atom. The van der Waals surface area contributed by atoms with Gasteiger partial charge in [0.15, 0.2) is 0 Å². The van der Waals surface area contributed by atoms with E-state index in [-0.39, 0.29) is 6.61 Å². The molecule has 0 amide bonds. The summed E-state index contributed by atoms with van der Waals surface area (Å²) in [5.41, 5.74) is 7.07. The Hall–Kier alpha value is -1.06. The van der Waals surface area contributed by atoms with Gasteiger partial charge in [-0.1, -0.05) is 71.9 Å². The normalized spacial score (nSPS) is 14.8. The highest BCUT2D eigenvalue weighted by atomic mass is 16.5. The Balaban J connectivity index is 2.19. The van der Waals surface area contributed by atoms with Crippen molar-refractivity contribution < 1.29 is 9.84 Å². The van der Waals surface area contributed by atoms with Gasteiger partial charge in [-0.05, 0) is 61.6 Å². The Morgan fingerprint density at radius 2 is 1.64 bits per heavy atom. The van der Waals surface area contributed by atoms with Crippen LogP contribution in [0.2, 0.25) is 0 Å². The van der Waals surface area contributed by atoms with Crippen LogP contribution in [0.25, 0.3) is 0 Å². The van der Waals surface area contributed by atoms with Gasteiger partial charge < -0.3 is 15.6 Å². The standard InChI is InChI=1S/C25H45NO2/c1-5-17-25(26,20-27)18-16-23-12-14-24(15-13-23)28-19-7-6-10-22(4)11-8-9-21(2)3/h12-15,21-22,27H,5-11,16-20,26H2,1-4H3/t22?,25-/m0/s1. The summed E-state index contributed by atoms with van der Waals surface area (Å²) in [6.07, 6.45) is 11.3. The van der Waals surface area contributed by atoms with Crippen LogP contribution in [0.1, 0.15) is 91.0 Å². The zero-order valence-corrected chi connectivity index (χ0v) is 18.9. The maximum Gasteiger partial charge on any atom is 0.119 e. The van der Waals surface area contributed by atoms with E-state index in [1.54, 1.807) is 0 Å². The second-order valence-corrected chi connectivity index (χ2v) is 9.19. The first-order valence-electron chi connectivity index (χ1n) is 11.5. The molecule has 3 heteroatoms. The van der Waals surface area contributed by atoms with Crippen molar-refractivity contribution in [1.29, 1.82) is 0 Å². The minimum Gasteiger partial charge on any atom is -0.494 e. The van der Waals surface area contributed by atoms with Crippen LogP contribution in [0.15, 0.2) is 24.3 Å². The van der Waals surface area contributed by atoms with Gasteiger partial charge in [0.1, 0.15) is 5.75 Å². The summed E-state index contributed by atoms with van der Waals surface area (Å²) in [5.74, 6) is 2.61. The fourth-order valence-corrected chi connectivity index (χ4v) is 3.73. The molecule has 1 unspecified atom stereocenters. The molecule has 1 aromatic carbocycles. The molecule has 0 aromatic heterocycles. The van der Waals surface area contributed by atoms with Crippen molar-refractivity contribution in [3.8, 4) is 5.75 Å². The van der Waals surface area contributed by atoms with Gasteiger partial charge in [0.2, 0.25) is 0 Å². The minimum atomic E-state index is -0.449. The fraction of sp³-hybridized carbons (Fsp3) is 0.760. The van der Waals surface area contributed by atoms with Gasteiger partial charge in [-0.15, -0.1) is 0 Å². The van der Waals surface area contributed by atoms with E-state index in [4.69, 9.17) is 10.5 Å². The lowest BCUT2D eigenvalue weighted by atomic mass is 9.89. The molecule has 0 heterocycles. The first-order valence-corrected chi connectivity index (χ1v) is 11.5. The number of hydrogen-bond acceptors (Lipinski definition) is 3. The van der Waals surface area contributed by atoms with Crippen molar-refractivity contribution in [2.75, 3.05) is 13.2 Å². The monoisotopic (exact) mass is 391 g/mol. The number of aliphatic hydroxyl groups is 1. The van der Waals surface area contributed by atoms with Gasteiger partial charge in [0.25, 0.3) is 0 Å². The van der Waals surface area contributed by atoms with Gasteiger partial charge in [-0.3, -0.25) is 0 Å². The van der Waals surface area contributed by atoms with Crippen LogP contribution < -0.4 is 10.5 Å². The zero-order chi connectivity index (χ0) is 20.8. The number of ether oxygens (including phenoxy) is 1. The number of nitrogens with two attached hydrogens (primary N) is 1. The molecule has 28 heavy (non-hydrogen) atoms. The summed E-state index contributed by atoms with van der Waals surface area (Å²) in [4.78, 5) is 0. The van der Waals surface area contributed by atoms with Crippen LogP contribution in [-0.4, -0.2) is 23.9 Å². The van der Waals surface area contributed by atoms with Crippen molar-refractivity contribution in [2.45, 2.75) is 97.4 Å². The van der Waals surface area contributed by atoms with Crippen molar-refractivity contribution in [1.82, 2.24) is 0 Å². The second kappa shape index (κ2) is 14.0. The zero-order valence-electron chi connectivity index (χ0n) is 18.9.